The summed E-state index contributed by atoms with van der Waals surface area (Å²) >= 11 is 0. The van der Waals surface area contributed by atoms with Gasteiger partial charge in [0, 0.05) is 24.2 Å². The van der Waals surface area contributed by atoms with Gasteiger partial charge in [-0.1, -0.05) is 18.2 Å². The molecule has 1 aliphatic heterocycles. The summed E-state index contributed by atoms with van der Waals surface area (Å²) in [4.78, 5) is 8.81. The van der Waals surface area contributed by atoms with Crippen molar-refractivity contribution in [1.82, 2.24) is 15.3 Å². The van der Waals surface area contributed by atoms with Crippen LogP contribution in [0.4, 0.5) is 5.95 Å². The van der Waals surface area contributed by atoms with E-state index in [1.165, 1.54) is 0 Å². The summed E-state index contributed by atoms with van der Waals surface area (Å²) in [5, 5.41) is 7.74. The highest BCUT2D eigenvalue weighted by atomic mass is 35.5. The number of benzene rings is 1. The summed E-state index contributed by atoms with van der Waals surface area (Å²) in [6.45, 7) is 2.07. The van der Waals surface area contributed by atoms with Gasteiger partial charge in [0.15, 0.2) is 0 Å². The van der Waals surface area contributed by atoms with E-state index in [9.17, 15) is 0 Å². The number of nitrogens with one attached hydrogen (secondary N) is 2. The molecule has 1 fully saturated rings. The Morgan fingerprint density at radius 3 is 3.00 bits per heavy atom. The number of rotatable bonds is 2. The summed E-state index contributed by atoms with van der Waals surface area (Å²) in [5.41, 5.74) is 0.992. The molecule has 0 saturated carbocycles. The Bertz CT molecular complexity index is 497. The van der Waals surface area contributed by atoms with E-state index in [1.807, 2.05) is 30.5 Å². The highest BCUT2D eigenvalue weighted by Crippen LogP contribution is 2.13. The molecule has 1 saturated heterocycles. The minimum atomic E-state index is 0. The van der Waals surface area contributed by atoms with Crippen LogP contribution in [0.2, 0.25) is 0 Å². The van der Waals surface area contributed by atoms with Gasteiger partial charge in [0.25, 0.3) is 0 Å². The molecule has 4 nitrogen and oxygen atoms in total. The van der Waals surface area contributed by atoms with E-state index >= 15 is 0 Å². The summed E-state index contributed by atoms with van der Waals surface area (Å²) in [5.74, 6) is 0.729. The molecule has 0 spiro atoms. The molecule has 5 heteroatoms. The lowest BCUT2D eigenvalue weighted by Crippen LogP contribution is -2.23. The van der Waals surface area contributed by atoms with Crippen LogP contribution in [0.15, 0.2) is 30.5 Å². The smallest absolute Gasteiger partial charge is 0.223 e. The molecule has 1 aromatic carbocycles. The van der Waals surface area contributed by atoms with Gasteiger partial charge in [0.1, 0.15) is 0 Å². The van der Waals surface area contributed by atoms with Crippen molar-refractivity contribution in [3.63, 3.8) is 0 Å². The lowest BCUT2D eigenvalue weighted by molar-refractivity contribution is 0.782. The predicted molar refractivity (Wildman–Crippen MR) is 71.7 cm³/mol. The molecule has 2 heterocycles. The van der Waals surface area contributed by atoms with Crippen LogP contribution in [0.3, 0.4) is 0 Å². The first-order valence-corrected chi connectivity index (χ1v) is 5.61. The number of fused-ring (bicyclic) bond motifs is 1. The van der Waals surface area contributed by atoms with E-state index in [2.05, 4.69) is 20.6 Å². The standard InChI is InChI=1S/C12H14N4.ClH/c1-2-4-11-9(3-1)7-14-12(16-11)15-10-5-6-13-8-10;/h1-4,7,10,13H,5-6,8H2,(H,14,15,16);1H. The Balaban J connectivity index is 0.00000108. The van der Waals surface area contributed by atoms with Crippen LogP contribution in [-0.2, 0) is 0 Å². The largest absolute Gasteiger partial charge is 0.350 e. The molecule has 1 atom stereocenters. The van der Waals surface area contributed by atoms with Crippen LogP contribution in [0.25, 0.3) is 10.9 Å². The topological polar surface area (TPSA) is 49.8 Å². The fraction of sp³-hybridized carbons (Fsp3) is 0.333. The minimum Gasteiger partial charge on any atom is -0.350 e. The molecule has 17 heavy (non-hydrogen) atoms. The zero-order valence-corrected chi connectivity index (χ0v) is 10.2. The van der Waals surface area contributed by atoms with Crippen molar-refractivity contribution in [3.05, 3.63) is 30.5 Å². The number of hydrogen-bond acceptors (Lipinski definition) is 4. The van der Waals surface area contributed by atoms with Crippen molar-refractivity contribution in [3.8, 4) is 0 Å². The van der Waals surface area contributed by atoms with E-state index in [0.717, 1.165) is 36.4 Å². The molecule has 0 bridgehead atoms. The third kappa shape index (κ3) is 2.65. The molecular formula is C12H15ClN4. The lowest BCUT2D eigenvalue weighted by Gasteiger charge is -2.10. The summed E-state index contributed by atoms with van der Waals surface area (Å²) in [6.07, 6.45) is 3.00. The van der Waals surface area contributed by atoms with Crippen LogP contribution in [-0.4, -0.2) is 29.1 Å². The fourth-order valence-corrected chi connectivity index (χ4v) is 2.00. The van der Waals surface area contributed by atoms with Crippen LogP contribution in [0.5, 0.6) is 0 Å². The molecule has 90 valence electrons. The molecule has 2 aromatic rings. The first-order valence-electron chi connectivity index (χ1n) is 5.61. The van der Waals surface area contributed by atoms with E-state index in [4.69, 9.17) is 0 Å². The Hall–Kier alpha value is -1.39. The first kappa shape index (κ1) is 12.1. The average molecular weight is 251 g/mol. The van der Waals surface area contributed by atoms with Crippen molar-refractivity contribution in [2.75, 3.05) is 18.4 Å². The van der Waals surface area contributed by atoms with Crippen LogP contribution in [0.1, 0.15) is 6.42 Å². The molecule has 1 unspecified atom stereocenters. The zero-order valence-electron chi connectivity index (χ0n) is 9.39. The van der Waals surface area contributed by atoms with E-state index in [-0.39, 0.29) is 12.4 Å². The zero-order chi connectivity index (χ0) is 10.8. The van der Waals surface area contributed by atoms with E-state index < -0.39 is 0 Å². The predicted octanol–water partition coefficient (Wildman–Crippen LogP) is 1.83. The SMILES string of the molecule is Cl.c1ccc2nc(NC3CCNC3)ncc2c1. The molecule has 0 aliphatic carbocycles. The van der Waals surface area contributed by atoms with Crippen molar-refractivity contribution in [1.29, 1.82) is 0 Å². The van der Waals surface area contributed by atoms with Gasteiger partial charge in [-0.3, -0.25) is 0 Å². The van der Waals surface area contributed by atoms with Crippen LogP contribution in [0, 0.1) is 0 Å². The highest BCUT2D eigenvalue weighted by molar-refractivity contribution is 5.85. The third-order valence-corrected chi connectivity index (χ3v) is 2.88. The molecule has 0 amide bonds. The summed E-state index contributed by atoms with van der Waals surface area (Å²) < 4.78 is 0. The Labute approximate surface area is 106 Å². The summed E-state index contributed by atoms with van der Waals surface area (Å²) in [7, 11) is 0. The number of nitrogens with zero attached hydrogens (tertiary/aromatic N) is 2. The van der Waals surface area contributed by atoms with Crippen molar-refractivity contribution < 1.29 is 0 Å². The quantitative estimate of drug-likeness (QED) is 0.854. The molecule has 0 radical (unpaired) electrons. The number of hydrogen-bond donors (Lipinski definition) is 2. The summed E-state index contributed by atoms with van der Waals surface area (Å²) in [6, 6.07) is 8.49. The maximum atomic E-state index is 4.49. The Morgan fingerprint density at radius 2 is 2.18 bits per heavy atom. The van der Waals surface area contributed by atoms with Gasteiger partial charge in [-0.05, 0) is 19.0 Å². The number of para-hydroxylation sites is 1. The maximum Gasteiger partial charge on any atom is 0.223 e. The molecule has 1 aliphatic rings. The van der Waals surface area contributed by atoms with Gasteiger partial charge in [0.2, 0.25) is 5.95 Å². The second-order valence-corrected chi connectivity index (χ2v) is 4.09. The fourth-order valence-electron chi connectivity index (χ4n) is 2.00. The van der Waals surface area contributed by atoms with Crippen LogP contribution >= 0.6 is 12.4 Å². The Kier molecular flexibility index (Phi) is 3.76. The van der Waals surface area contributed by atoms with Gasteiger partial charge in [0.05, 0.1) is 5.52 Å². The first-order chi connectivity index (χ1) is 7.92. The third-order valence-electron chi connectivity index (χ3n) is 2.88. The molecule has 3 rings (SSSR count). The van der Waals surface area contributed by atoms with Gasteiger partial charge >= 0.3 is 0 Å². The molecular weight excluding hydrogens is 236 g/mol. The van der Waals surface area contributed by atoms with Crippen molar-refractivity contribution in [2.24, 2.45) is 0 Å². The van der Waals surface area contributed by atoms with Crippen LogP contribution < -0.4 is 10.6 Å². The second-order valence-electron chi connectivity index (χ2n) is 4.09. The Morgan fingerprint density at radius 1 is 1.29 bits per heavy atom. The van der Waals surface area contributed by atoms with Gasteiger partial charge in [-0.2, -0.15) is 0 Å². The molecule has 2 N–H and O–H groups in total. The molecule has 1 aromatic heterocycles. The maximum absolute atomic E-state index is 4.49. The number of aromatic nitrogens is 2. The lowest BCUT2D eigenvalue weighted by atomic mass is 10.2. The van der Waals surface area contributed by atoms with E-state index in [0.29, 0.717) is 6.04 Å². The minimum absolute atomic E-state index is 0. The van der Waals surface area contributed by atoms with Gasteiger partial charge in [-0.15, -0.1) is 12.4 Å². The monoisotopic (exact) mass is 250 g/mol. The second kappa shape index (κ2) is 5.29. The van der Waals surface area contributed by atoms with E-state index in [1.54, 1.807) is 0 Å². The normalized spacial score (nSPS) is 18.9. The average Bonchev–Trinajstić information content (AvgIpc) is 2.82. The van der Waals surface area contributed by atoms with Gasteiger partial charge in [-0.25, -0.2) is 9.97 Å². The van der Waals surface area contributed by atoms with Crippen molar-refractivity contribution >= 4 is 29.3 Å². The van der Waals surface area contributed by atoms with Gasteiger partial charge < -0.3 is 10.6 Å². The highest BCUT2D eigenvalue weighted by Gasteiger charge is 2.14. The van der Waals surface area contributed by atoms with Crippen molar-refractivity contribution in [2.45, 2.75) is 12.5 Å². The number of anilines is 1. The number of halogens is 1.